The van der Waals surface area contributed by atoms with Gasteiger partial charge in [0.15, 0.2) is 0 Å². The largest absolute Gasteiger partial charge is 0.481 e. The molecule has 17 heavy (non-hydrogen) atoms. The van der Waals surface area contributed by atoms with E-state index in [1.807, 2.05) is 6.07 Å². The van der Waals surface area contributed by atoms with Gasteiger partial charge in [-0.3, -0.25) is 4.79 Å². The summed E-state index contributed by atoms with van der Waals surface area (Å²) in [4.78, 5) is 10.4. The van der Waals surface area contributed by atoms with Crippen LogP contribution in [0.15, 0.2) is 18.2 Å². The molecule has 0 heterocycles. The van der Waals surface area contributed by atoms with Gasteiger partial charge in [0.05, 0.1) is 24.2 Å². The van der Waals surface area contributed by atoms with E-state index in [4.69, 9.17) is 16.1 Å². The SMILES string of the molecule is N#Cc1ccc(N)cc1C(O)C(O)CC(=O)O. The highest BCUT2D eigenvalue weighted by atomic mass is 16.4. The van der Waals surface area contributed by atoms with Gasteiger partial charge < -0.3 is 21.1 Å². The Balaban J connectivity index is 3.02. The quantitative estimate of drug-likeness (QED) is 0.545. The van der Waals surface area contributed by atoms with Crippen molar-refractivity contribution < 1.29 is 20.1 Å². The van der Waals surface area contributed by atoms with E-state index in [0.29, 0.717) is 5.69 Å². The van der Waals surface area contributed by atoms with Crippen molar-refractivity contribution in [1.29, 1.82) is 5.26 Å². The average molecular weight is 236 g/mol. The summed E-state index contributed by atoms with van der Waals surface area (Å²) in [6.07, 6.45) is -3.55. The van der Waals surface area contributed by atoms with Gasteiger partial charge in [0.2, 0.25) is 0 Å². The minimum atomic E-state index is -1.48. The molecule has 0 aliphatic rings. The monoisotopic (exact) mass is 236 g/mol. The van der Waals surface area contributed by atoms with Crippen LogP contribution in [-0.2, 0) is 4.79 Å². The van der Waals surface area contributed by atoms with Gasteiger partial charge in [0, 0.05) is 11.3 Å². The van der Waals surface area contributed by atoms with Crippen LogP contribution >= 0.6 is 0 Å². The van der Waals surface area contributed by atoms with Crippen LogP contribution < -0.4 is 5.73 Å². The van der Waals surface area contributed by atoms with Crippen molar-refractivity contribution in [3.05, 3.63) is 29.3 Å². The molecule has 6 nitrogen and oxygen atoms in total. The molecule has 0 bridgehead atoms. The molecule has 0 amide bonds. The van der Waals surface area contributed by atoms with E-state index in [9.17, 15) is 15.0 Å². The molecule has 0 aliphatic heterocycles. The second-order valence-corrected chi connectivity index (χ2v) is 3.57. The van der Waals surface area contributed by atoms with Gasteiger partial charge in [-0.2, -0.15) is 5.26 Å². The first-order valence-corrected chi connectivity index (χ1v) is 4.83. The van der Waals surface area contributed by atoms with Crippen molar-refractivity contribution in [2.45, 2.75) is 18.6 Å². The molecule has 5 N–H and O–H groups in total. The van der Waals surface area contributed by atoms with Crippen molar-refractivity contribution in [2.75, 3.05) is 5.73 Å². The minimum Gasteiger partial charge on any atom is -0.481 e. The Labute approximate surface area is 97.5 Å². The summed E-state index contributed by atoms with van der Waals surface area (Å²) >= 11 is 0. The van der Waals surface area contributed by atoms with Crippen LogP contribution in [-0.4, -0.2) is 27.4 Å². The third kappa shape index (κ3) is 3.17. The summed E-state index contributed by atoms with van der Waals surface area (Å²) in [5, 5.41) is 36.5. The van der Waals surface area contributed by atoms with Gasteiger partial charge >= 0.3 is 5.97 Å². The zero-order chi connectivity index (χ0) is 13.0. The van der Waals surface area contributed by atoms with E-state index in [1.165, 1.54) is 18.2 Å². The van der Waals surface area contributed by atoms with Gasteiger partial charge in [0.1, 0.15) is 6.10 Å². The number of hydrogen-bond acceptors (Lipinski definition) is 5. The van der Waals surface area contributed by atoms with Crippen LogP contribution in [0.4, 0.5) is 5.69 Å². The van der Waals surface area contributed by atoms with Crippen LogP contribution in [0.5, 0.6) is 0 Å². The average Bonchev–Trinajstić information content (AvgIpc) is 2.27. The molecule has 2 atom stereocenters. The Morgan fingerprint density at radius 2 is 2.12 bits per heavy atom. The number of rotatable bonds is 4. The summed E-state index contributed by atoms with van der Waals surface area (Å²) in [6, 6.07) is 6.07. The fourth-order valence-corrected chi connectivity index (χ4v) is 1.43. The van der Waals surface area contributed by atoms with Crippen molar-refractivity contribution in [3.63, 3.8) is 0 Å². The summed E-state index contributed by atoms with van der Waals surface area (Å²) in [5.41, 5.74) is 6.10. The Morgan fingerprint density at radius 1 is 1.47 bits per heavy atom. The molecule has 90 valence electrons. The number of nitrogens with two attached hydrogens (primary N) is 1. The highest BCUT2D eigenvalue weighted by Gasteiger charge is 2.23. The molecule has 0 saturated heterocycles. The highest BCUT2D eigenvalue weighted by molar-refractivity contribution is 5.67. The van der Waals surface area contributed by atoms with Crippen molar-refractivity contribution >= 4 is 11.7 Å². The molecule has 6 heteroatoms. The first-order chi connectivity index (χ1) is 7.95. The van der Waals surface area contributed by atoms with Gasteiger partial charge in [-0.25, -0.2) is 0 Å². The predicted molar refractivity (Wildman–Crippen MR) is 58.8 cm³/mol. The van der Waals surface area contributed by atoms with Crippen molar-refractivity contribution in [1.82, 2.24) is 0 Å². The number of benzene rings is 1. The standard InChI is InChI=1S/C11H12N2O4/c12-5-6-1-2-7(13)3-8(6)11(17)9(14)4-10(15)16/h1-3,9,11,14,17H,4,13H2,(H,15,16). The number of nitrogen functional groups attached to an aromatic ring is 1. The predicted octanol–water partition coefficient (Wildman–Crippen LogP) is 0.00948. The topological polar surface area (TPSA) is 128 Å². The first-order valence-electron chi connectivity index (χ1n) is 4.83. The lowest BCUT2D eigenvalue weighted by Crippen LogP contribution is -2.22. The third-order valence-electron chi connectivity index (χ3n) is 2.26. The fraction of sp³-hybridized carbons (Fsp3) is 0.273. The maximum absolute atomic E-state index is 10.4. The number of hydrogen-bond donors (Lipinski definition) is 4. The number of carbonyl (C=O) groups is 1. The van der Waals surface area contributed by atoms with Gasteiger partial charge in [-0.15, -0.1) is 0 Å². The van der Waals surface area contributed by atoms with E-state index in [-0.39, 0.29) is 11.1 Å². The van der Waals surface area contributed by atoms with Crippen LogP contribution in [0.2, 0.25) is 0 Å². The third-order valence-corrected chi connectivity index (χ3v) is 2.26. The zero-order valence-corrected chi connectivity index (χ0v) is 8.87. The van der Waals surface area contributed by atoms with Gasteiger partial charge in [-0.1, -0.05) is 0 Å². The summed E-state index contributed by atoms with van der Waals surface area (Å²) < 4.78 is 0. The Hall–Kier alpha value is -2.10. The lowest BCUT2D eigenvalue weighted by molar-refractivity contribution is -0.141. The van der Waals surface area contributed by atoms with Crippen LogP contribution in [0.3, 0.4) is 0 Å². The van der Waals surface area contributed by atoms with Gasteiger partial charge in [-0.05, 0) is 18.2 Å². The lowest BCUT2D eigenvalue weighted by Gasteiger charge is -2.17. The van der Waals surface area contributed by atoms with Crippen LogP contribution in [0.25, 0.3) is 0 Å². The minimum absolute atomic E-state index is 0.126. The lowest BCUT2D eigenvalue weighted by atomic mass is 9.97. The molecule has 0 saturated carbocycles. The number of carboxylic acids is 1. The number of nitrogens with zero attached hydrogens (tertiary/aromatic N) is 1. The van der Waals surface area contributed by atoms with Crippen molar-refractivity contribution in [3.8, 4) is 6.07 Å². The smallest absolute Gasteiger partial charge is 0.306 e. The maximum atomic E-state index is 10.4. The second-order valence-electron chi connectivity index (χ2n) is 3.57. The van der Waals surface area contributed by atoms with Crippen molar-refractivity contribution in [2.24, 2.45) is 0 Å². The van der Waals surface area contributed by atoms with E-state index >= 15 is 0 Å². The molecule has 0 spiro atoms. The molecule has 2 unspecified atom stereocenters. The molecule has 1 rings (SSSR count). The van der Waals surface area contributed by atoms with Crippen LogP contribution in [0, 0.1) is 11.3 Å². The number of aliphatic hydroxyl groups is 2. The molecule has 1 aromatic rings. The van der Waals surface area contributed by atoms with E-state index in [2.05, 4.69) is 0 Å². The normalized spacial score (nSPS) is 13.7. The van der Waals surface area contributed by atoms with E-state index in [0.717, 1.165) is 0 Å². The van der Waals surface area contributed by atoms with Crippen LogP contribution in [0.1, 0.15) is 23.7 Å². The zero-order valence-electron chi connectivity index (χ0n) is 8.87. The molecule has 0 aliphatic carbocycles. The van der Waals surface area contributed by atoms with Gasteiger partial charge in [0.25, 0.3) is 0 Å². The number of aliphatic hydroxyl groups excluding tert-OH is 2. The number of aliphatic carboxylic acids is 1. The second kappa shape index (κ2) is 5.30. The fourth-order valence-electron chi connectivity index (χ4n) is 1.43. The molecular formula is C11H12N2O4. The van der Waals surface area contributed by atoms with E-state index < -0.39 is 24.6 Å². The molecule has 0 aromatic heterocycles. The summed E-state index contributed by atoms with van der Waals surface area (Å²) in [7, 11) is 0. The Morgan fingerprint density at radius 3 is 2.65 bits per heavy atom. The summed E-state index contributed by atoms with van der Waals surface area (Å²) in [5.74, 6) is -1.24. The maximum Gasteiger partial charge on any atom is 0.306 e. The molecule has 0 fully saturated rings. The molecular weight excluding hydrogens is 224 g/mol. The Kier molecular flexibility index (Phi) is 4.04. The molecule has 1 aromatic carbocycles. The first kappa shape index (κ1) is 13.0. The number of carboxylic acid groups (broad SMARTS) is 1. The number of nitriles is 1. The highest BCUT2D eigenvalue weighted by Crippen LogP contribution is 2.24. The Bertz CT molecular complexity index is 467. The number of anilines is 1. The summed E-state index contributed by atoms with van der Waals surface area (Å²) in [6.45, 7) is 0. The van der Waals surface area contributed by atoms with E-state index in [1.54, 1.807) is 0 Å². The molecule has 0 radical (unpaired) electrons.